The molecule has 1 aliphatic heterocycles. The van der Waals surface area contributed by atoms with Crippen LogP contribution in [-0.2, 0) is 4.74 Å². The molecular weight excluding hydrogens is 166 g/mol. The molecular formula is C9H19N3O. The van der Waals surface area contributed by atoms with Crippen molar-refractivity contribution in [3.63, 3.8) is 0 Å². The Labute approximate surface area is 80.4 Å². The number of methoxy groups -OCH3 is 1. The largest absolute Gasteiger partial charge is 0.369 e. The summed E-state index contributed by atoms with van der Waals surface area (Å²) < 4.78 is 5.15. The van der Waals surface area contributed by atoms with E-state index in [2.05, 4.69) is 48.1 Å². The maximum Gasteiger partial charge on any atom is 0.140 e. The summed E-state index contributed by atoms with van der Waals surface area (Å²) in [6.07, 6.45) is 4.54. The van der Waals surface area contributed by atoms with Gasteiger partial charge in [0.1, 0.15) is 13.0 Å². The normalized spacial score (nSPS) is 24.4. The Morgan fingerprint density at radius 2 is 2.23 bits per heavy atom. The highest BCUT2D eigenvalue weighted by atomic mass is 16.5. The van der Waals surface area contributed by atoms with Gasteiger partial charge in [0.25, 0.3) is 0 Å². The number of hydrogen-bond donors (Lipinski definition) is 0. The van der Waals surface area contributed by atoms with Gasteiger partial charge in [0.2, 0.25) is 0 Å². The topological polar surface area (TPSA) is 19.0 Å². The number of hydrogen-bond acceptors (Lipinski definition) is 4. The van der Waals surface area contributed by atoms with Crippen LogP contribution in [0.25, 0.3) is 0 Å². The van der Waals surface area contributed by atoms with Crippen molar-refractivity contribution in [3.05, 3.63) is 12.3 Å². The molecule has 0 bridgehead atoms. The first-order valence-electron chi connectivity index (χ1n) is 4.45. The van der Waals surface area contributed by atoms with Crippen molar-refractivity contribution in [2.24, 2.45) is 0 Å². The second-order valence-electron chi connectivity index (χ2n) is 3.55. The van der Waals surface area contributed by atoms with Crippen molar-refractivity contribution >= 4 is 0 Å². The number of ether oxygens (including phenoxy) is 1. The lowest BCUT2D eigenvalue weighted by atomic mass is 10.4. The molecule has 0 saturated carbocycles. The van der Waals surface area contributed by atoms with Crippen LogP contribution in [0.4, 0.5) is 0 Å². The summed E-state index contributed by atoms with van der Waals surface area (Å²) in [6.45, 7) is 1.61. The van der Waals surface area contributed by atoms with E-state index in [4.69, 9.17) is 4.74 Å². The van der Waals surface area contributed by atoms with Crippen molar-refractivity contribution in [2.75, 3.05) is 41.5 Å². The second kappa shape index (κ2) is 4.60. The Balaban J connectivity index is 2.65. The standard InChI is InChI=1S/C9H19N3O/c1-10(2)9-11(3)6-5-7-12(9)8-13-4/h5-6,9H,7-8H2,1-4H3. The predicted octanol–water partition coefficient (Wildman–Crippen LogP) is 0.197. The smallest absolute Gasteiger partial charge is 0.140 e. The molecule has 0 aromatic carbocycles. The fraction of sp³-hybridized carbons (Fsp3) is 0.778. The van der Waals surface area contributed by atoms with E-state index in [0.29, 0.717) is 13.0 Å². The van der Waals surface area contributed by atoms with Crippen LogP contribution in [0.3, 0.4) is 0 Å². The van der Waals surface area contributed by atoms with Gasteiger partial charge in [-0.1, -0.05) is 6.08 Å². The predicted molar refractivity (Wildman–Crippen MR) is 53.0 cm³/mol. The molecule has 0 radical (unpaired) electrons. The maximum atomic E-state index is 5.15. The number of nitrogens with zero attached hydrogens (tertiary/aromatic N) is 3. The SMILES string of the molecule is COCN1CC=CN(C)C1N(C)C. The average Bonchev–Trinajstić information content (AvgIpc) is 2.04. The van der Waals surface area contributed by atoms with E-state index in [1.807, 2.05) is 0 Å². The first kappa shape index (κ1) is 10.5. The molecule has 0 fully saturated rings. The number of rotatable bonds is 3. The van der Waals surface area contributed by atoms with Gasteiger partial charge in [0.05, 0.1) is 0 Å². The van der Waals surface area contributed by atoms with Gasteiger partial charge in [0, 0.05) is 20.7 Å². The summed E-state index contributed by atoms with van der Waals surface area (Å²) in [5.41, 5.74) is 0. The quantitative estimate of drug-likeness (QED) is 0.625. The molecule has 1 aliphatic rings. The second-order valence-corrected chi connectivity index (χ2v) is 3.55. The molecule has 1 rings (SSSR count). The van der Waals surface area contributed by atoms with E-state index in [0.717, 1.165) is 6.54 Å². The van der Waals surface area contributed by atoms with E-state index in [1.54, 1.807) is 7.11 Å². The van der Waals surface area contributed by atoms with Crippen molar-refractivity contribution in [3.8, 4) is 0 Å². The van der Waals surface area contributed by atoms with Crippen LogP contribution < -0.4 is 0 Å². The van der Waals surface area contributed by atoms with Crippen LogP contribution in [0.15, 0.2) is 12.3 Å². The van der Waals surface area contributed by atoms with Crippen molar-refractivity contribution in [1.29, 1.82) is 0 Å². The summed E-state index contributed by atoms with van der Waals surface area (Å²) in [5.74, 6) is 0. The Hall–Kier alpha value is -0.580. The van der Waals surface area contributed by atoms with E-state index in [1.165, 1.54) is 0 Å². The third-order valence-corrected chi connectivity index (χ3v) is 2.13. The zero-order valence-corrected chi connectivity index (χ0v) is 8.90. The maximum absolute atomic E-state index is 5.15. The van der Waals surface area contributed by atoms with Gasteiger partial charge in [-0.05, 0) is 20.3 Å². The third-order valence-electron chi connectivity index (χ3n) is 2.13. The third kappa shape index (κ3) is 2.43. The monoisotopic (exact) mass is 185 g/mol. The van der Waals surface area contributed by atoms with Gasteiger partial charge in [-0.2, -0.15) is 0 Å². The molecule has 0 amide bonds. The van der Waals surface area contributed by atoms with Crippen LogP contribution in [0.2, 0.25) is 0 Å². The van der Waals surface area contributed by atoms with E-state index < -0.39 is 0 Å². The van der Waals surface area contributed by atoms with Crippen LogP contribution >= 0.6 is 0 Å². The fourth-order valence-corrected chi connectivity index (χ4v) is 1.75. The van der Waals surface area contributed by atoms with Crippen molar-refractivity contribution in [1.82, 2.24) is 14.7 Å². The Kier molecular flexibility index (Phi) is 3.71. The molecule has 0 N–H and O–H groups in total. The van der Waals surface area contributed by atoms with Crippen LogP contribution in [0.5, 0.6) is 0 Å². The molecule has 0 aromatic rings. The summed E-state index contributed by atoms with van der Waals surface area (Å²) >= 11 is 0. The fourth-order valence-electron chi connectivity index (χ4n) is 1.75. The lowest BCUT2D eigenvalue weighted by Crippen LogP contribution is -2.55. The van der Waals surface area contributed by atoms with E-state index in [9.17, 15) is 0 Å². The molecule has 76 valence electrons. The molecule has 1 heterocycles. The molecule has 13 heavy (non-hydrogen) atoms. The first-order valence-corrected chi connectivity index (χ1v) is 4.45. The average molecular weight is 185 g/mol. The van der Waals surface area contributed by atoms with Gasteiger partial charge >= 0.3 is 0 Å². The van der Waals surface area contributed by atoms with Crippen molar-refractivity contribution < 1.29 is 4.74 Å². The zero-order valence-electron chi connectivity index (χ0n) is 8.90. The summed E-state index contributed by atoms with van der Waals surface area (Å²) in [6, 6.07) is 0. The highest BCUT2D eigenvalue weighted by Gasteiger charge is 2.24. The molecule has 0 saturated heterocycles. The van der Waals surface area contributed by atoms with Crippen LogP contribution in [0.1, 0.15) is 0 Å². The molecule has 0 aliphatic carbocycles. The van der Waals surface area contributed by atoms with Crippen LogP contribution in [-0.4, -0.2) is 62.5 Å². The van der Waals surface area contributed by atoms with Gasteiger partial charge < -0.3 is 9.64 Å². The van der Waals surface area contributed by atoms with Gasteiger partial charge in [-0.15, -0.1) is 0 Å². The summed E-state index contributed by atoms with van der Waals surface area (Å²) in [4.78, 5) is 6.59. The lowest BCUT2D eigenvalue weighted by molar-refractivity contribution is -0.0694. The molecule has 4 heteroatoms. The van der Waals surface area contributed by atoms with Gasteiger partial charge in [-0.25, -0.2) is 4.90 Å². The Morgan fingerprint density at radius 1 is 1.54 bits per heavy atom. The Morgan fingerprint density at radius 3 is 2.77 bits per heavy atom. The van der Waals surface area contributed by atoms with Crippen LogP contribution in [0, 0.1) is 0 Å². The molecule has 1 atom stereocenters. The molecule has 1 unspecified atom stereocenters. The summed E-state index contributed by atoms with van der Waals surface area (Å²) in [7, 11) is 7.94. The van der Waals surface area contributed by atoms with Gasteiger partial charge in [0.15, 0.2) is 0 Å². The Bertz CT molecular complexity index is 182. The molecule has 0 spiro atoms. The minimum Gasteiger partial charge on any atom is -0.369 e. The highest BCUT2D eigenvalue weighted by Crippen LogP contribution is 2.11. The van der Waals surface area contributed by atoms with E-state index in [-0.39, 0.29) is 0 Å². The molecule has 0 aromatic heterocycles. The summed E-state index contributed by atoms with van der Waals surface area (Å²) in [5, 5.41) is 0. The first-order chi connectivity index (χ1) is 6.16. The van der Waals surface area contributed by atoms with Crippen molar-refractivity contribution in [2.45, 2.75) is 6.29 Å². The zero-order chi connectivity index (χ0) is 9.84. The highest BCUT2D eigenvalue weighted by molar-refractivity contribution is 4.92. The lowest BCUT2D eigenvalue weighted by Gasteiger charge is -2.42. The minimum absolute atomic E-state index is 0.296. The minimum atomic E-state index is 0.296. The van der Waals surface area contributed by atoms with E-state index >= 15 is 0 Å². The molecule has 4 nitrogen and oxygen atoms in total. The van der Waals surface area contributed by atoms with Gasteiger partial charge in [-0.3, -0.25) is 4.90 Å².